The standard InChI is InChI=1S/C24H31N2O3/c1-17-9-8-10-20(18(17)2)25-16-24(27,26-14-7-5-6-11-23(25)26)19-12-13-21(28-3)22(15-19)29-4/h8-10,12-13,15,27H,5-7,11,14,16H2,1-4H3/q+1. The molecule has 0 saturated heterocycles. The van der Waals surface area contributed by atoms with Crippen molar-refractivity contribution in [3.8, 4) is 11.5 Å². The zero-order valence-electron chi connectivity index (χ0n) is 17.9. The molecule has 5 nitrogen and oxygen atoms in total. The molecule has 1 N–H and O–H groups in total. The maximum absolute atomic E-state index is 12.0. The summed E-state index contributed by atoms with van der Waals surface area (Å²) in [7, 11) is 3.26. The van der Waals surface area contributed by atoms with Gasteiger partial charge in [0.05, 0.1) is 20.8 Å². The van der Waals surface area contributed by atoms with Gasteiger partial charge in [0.1, 0.15) is 5.69 Å². The minimum atomic E-state index is -1.10. The molecule has 0 amide bonds. The monoisotopic (exact) mass is 395 g/mol. The number of anilines is 1. The highest BCUT2D eigenvalue weighted by Crippen LogP contribution is 2.39. The quantitative estimate of drug-likeness (QED) is 0.796. The fraction of sp³-hybridized carbons (Fsp3) is 0.458. The Hall–Kier alpha value is -2.53. The van der Waals surface area contributed by atoms with Crippen molar-refractivity contribution in [2.24, 2.45) is 0 Å². The molecular weight excluding hydrogens is 364 g/mol. The molecule has 0 aliphatic carbocycles. The van der Waals surface area contributed by atoms with E-state index in [9.17, 15) is 5.11 Å². The topological polar surface area (TPSA) is 44.9 Å². The van der Waals surface area contributed by atoms with Gasteiger partial charge in [0, 0.05) is 12.0 Å². The number of ether oxygens (including phenoxy) is 2. The number of β-amino-alcohol motifs (C(OH)–C–C–N with tert-alkyl or cyclic N) is 1. The van der Waals surface area contributed by atoms with Crippen molar-refractivity contribution in [2.75, 3.05) is 32.2 Å². The summed E-state index contributed by atoms with van der Waals surface area (Å²) in [5.74, 6) is 2.53. The highest BCUT2D eigenvalue weighted by atomic mass is 16.5. The van der Waals surface area contributed by atoms with Crippen LogP contribution in [0.2, 0.25) is 0 Å². The SMILES string of the molecule is COc1ccc(C2(O)CN(c3cccc(C)c3C)C3=[N+]2CCCCC3)cc1OC. The van der Waals surface area contributed by atoms with Crippen molar-refractivity contribution >= 4 is 11.5 Å². The number of aryl methyl sites for hydroxylation is 1. The van der Waals surface area contributed by atoms with Crippen molar-refractivity contribution in [1.29, 1.82) is 0 Å². The van der Waals surface area contributed by atoms with Gasteiger partial charge in [0.2, 0.25) is 0 Å². The minimum Gasteiger partial charge on any atom is -0.493 e. The molecule has 2 aromatic carbocycles. The Bertz CT molecular complexity index is 953. The van der Waals surface area contributed by atoms with E-state index in [1.807, 2.05) is 18.2 Å². The molecule has 2 aliphatic heterocycles. The maximum atomic E-state index is 12.0. The normalized spacial score (nSPS) is 21.8. The van der Waals surface area contributed by atoms with Crippen LogP contribution in [-0.2, 0) is 5.72 Å². The van der Waals surface area contributed by atoms with E-state index in [4.69, 9.17) is 9.47 Å². The van der Waals surface area contributed by atoms with E-state index in [0.29, 0.717) is 18.0 Å². The third kappa shape index (κ3) is 3.27. The van der Waals surface area contributed by atoms with Gasteiger partial charge in [-0.1, -0.05) is 12.1 Å². The predicted octanol–water partition coefficient (Wildman–Crippen LogP) is 3.97. The fourth-order valence-corrected chi connectivity index (χ4v) is 4.65. The van der Waals surface area contributed by atoms with Gasteiger partial charge in [0.25, 0.3) is 11.6 Å². The number of aliphatic hydroxyl groups is 1. The Morgan fingerprint density at radius 2 is 1.79 bits per heavy atom. The molecule has 0 saturated carbocycles. The first-order valence-corrected chi connectivity index (χ1v) is 10.4. The van der Waals surface area contributed by atoms with Crippen LogP contribution in [0.4, 0.5) is 5.69 Å². The van der Waals surface area contributed by atoms with Gasteiger partial charge in [-0.05, 0) is 68.5 Å². The van der Waals surface area contributed by atoms with Crippen LogP contribution in [0.1, 0.15) is 42.4 Å². The maximum Gasteiger partial charge on any atom is 0.271 e. The lowest BCUT2D eigenvalue weighted by atomic mass is 10.0. The molecule has 2 aromatic rings. The second kappa shape index (κ2) is 7.71. The third-order valence-electron chi connectivity index (χ3n) is 6.44. The number of hydrogen-bond donors (Lipinski definition) is 1. The molecule has 2 heterocycles. The Balaban J connectivity index is 1.84. The van der Waals surface area contributed by atoms with E-state index in [1.54, 1.807) is 14.2 Å². The number of methoxy groups -OCH3 is 2. The minimum absolute atomic E-state index is 0.502. The summed E-state index contributed by atoms with van der Waals surface area (Å²) >= 11 is 0. The molecule has 29 heavy (non-hydrogen) atoms. The van der Waals surface area contributed by atoms with Crippen LogP contribution in [0.25, 0.3) is 0 Å². The van der Waals surface area contributed by atoms with Crippen LogP contribution in [0.5, 0.6) is 11.5 Å². The van der Waals surface area contributed by atoms with E-state index in [-0.39, 0.29) is 0 Å². The zero-order chi connectivity index (χ0) is 20.6. The number of hydrogen-bond acceptors (Lipinski definition) is 4. The second-order valence-electron chi connectivity index (χ2n) is 8.07. The van der Waals surface area contributed by atoms with Gasteiger partial charge in [-0.3, -0.25) is 0 Å². The lowest BCUT2D eigenvalue weighted by molar-refractivity contribution is -0.658. The molecular formula is C24H31N2O3+. The van der Waals surface area contributed by atoms with Crippen LogP contribution < -0.4 is 14.4 Å². The number of nitrogens with zero attached hydrogens (tertiary/aromatic N) is 2. The molecule has 0 fully saturated rings. The summed E-state index contributed by atoms with van der Waals surface area (Å²) < 4.78 is 13.1. The Labute approximate surface area is 173 Å². The van der Waals surface area contributed by atoms with Crippen LogP contribution >= 0.6 is 0 Å². The van der Waals surface area contributed by atoms with Gasteiger partial charge in [-0.2, -0.15) is 0 Å². The van der Waals surface area contributed by atoms with E-state index in [2.05, 4.69) is 41.5 Å². The van der Waals surface area contributed by atoms with Crippen molar-refractivity contribution in [3.05, 3.63) is 53.1 Å². The smallest absolute Gasteiger partial charge is 0.271 e. The van der Waals surface area contributed by atoms with E-state index < -0.39 is 5.72 Å². The first-order chi connectivity index (χ1) is 14.0. The summed E-state index contributed by atoms with van der Waals surface area (Å²) in [4.78, 5) is 2.32. The highest BCUT2D eigenvalue weighted by Gasteiger charge is 2.52. The summed E-state index contributed by atoms with van der Waals surface area (Å²) in [5, 5.41) is 12.0. The Kier molecular flexibility index (Phi) is 5.26. The van der Waals surface area contributed by atoms with E-state index in [1.165, 1.54) is 29.1 Å². The lowest BCUT2D eigenvalue weighted by Crippen LogP contribution is -2.41. The highest BCUT2D eigenvalue weighted by molar-refractivity contribution is 5.96. The van der Waals surface area contributed by atoms with Gasteiger partial charge in [-0.25, -0.2) is 9.48 Å². The summed E-state index contributed by atoms with van der Waals surface area (Å²) in [6.45, 7) is 5.66. The van der Waals surface area contributed by atoms with Gasteiger partial charge in [0.15, 0.2) is 18.0 Å². The molecule has 1 atom stereocenters. The molecule has 0 spiro atoms. The largest absolute Gasteiger partial charge is 0.493 e. The average Bonchev–Trinajstić information content (AvgIpc) is 2.89. The zero-order valence-corrected chi connectivity index (χ0v) is 17.9. The Morgan fingerprint density at radius 1 is 1.00 bits per heavy atom. The summed E-state index contributed by atoms with van der Waals surface area (Å²) in [6, 6.07) is 12.2. The number of rotatable bonds is 4. The number of amidine groups is 1. The van der Waals surface area contributed by atoms with E-state index >= 15 is 0 Å². The molecule has 2 aliphatic rings. The average molecular weight is 396 g/mol. The molecule has 0 radical (unpaired) electrons. The van der Waals surface area contributed by atoms with Crippen LogP contribution in [0, 0.1) is 13.8 Å². The van der Waals surface area contributed by atoms with Gasteiger partial charge in [-0.15, -0.1) is 0 Å². The molecule has 4 rings (SSSR count). The predicted molar refractivity (Wildman–Crippen MR) is 115 cm³/mol. The second-order valence-corrected chi connectivity index (χ2v) is 8.07. The first kappa shape index (κ1) is 19.8. The van der Waals surface area contributed by atoms with Crippen LogP contribution in [-0.4, -0.2) is 42.8 Å². The lowest BCUT2D eigenvalue weighted by Gasteiger charge is -2.24. The summed E-state index contributed by atoms with van der Waals surface area (Å²) in [6.07, 6.45) is 4.39. The molecule has 1 unspecified atom stereocenters. The van der Waals surface area contributed by atoms with Crippen LogP contribution in [0.3, 0.4) is 0 Å². The molecule has 154 valence electrons. The van der Waals surface area contributed by atoms with E-state index in [0.717, 1.165) is 31.4 Å². The van der Waals surface area contributed by atoms with Crippen molar-refractivity contribution in [1.82, 2.24) is 0 Å². The third-order valence-corrected chi connectivity index (χ3v) is 6.44. The molecule has 5 heteroatoms. The Morgan fingerprint density at radius 3 is 2.55 bits per heavy atom. The van der Waals surface area contributed by atoms with Crippen LogP contribution in [0.15, 0.2) is 36.4 Å². The molecule has 0 aromatic heterocycles. The van der Waals surface area contributed by atoms with Crippen molar-refractivity contribution in [3.63, 3.8) is 0 Å². The van der Waals surface area contributed by atoms with Crippen molar-refractivity contribution < 1.29 is 19.2 Å². The fourth-order valence-electron chi connectivity index (χ4n) is 4.65. The molecule has 0 bridgehead atoms. The van der Waals surface area contributed by atoms with Gasteiger partial charge < -0.3 is 14.6 Å². The summed E-state index contributed by atoms with van der Waals surface area (Å²) in [5.41, 5.74) is 3.45. The number of benzene rings is 2. The van der Waals surface area contributed by atoms with Crippen molar-refractivity contribution in [2.45, 2.75) is 45.3 Å². The van der Waals surface area contributed by atoms with Gasteiger partial charge >= 0.3 is 0 Å². The first-order valence-electron chi connectivity index (χ1n) is 10.4.